The highest BCUT2D eigenvalue weighted by Gasteiger charge is 2.50. The summed E-state index contributed by atoms with van der Waals surface area (Å²) in [4.78, 5) is 2.53. The molecule has 0 atom stereocenters. The van der Waals surface area contributed by atoms with Gasteiger partial charge >= 0.3 is 0 Å². The number of hydrogen-bond donors (Lipinski definition) is 2. The van der Waals surface area contributed by atoms with Crippen LogP contribution in [0.25, 0.3) is 0 Å². The van der Waals surface area contributed by atoms with Crippen LogP contribution >= 0.6 is 0 Å². The van der Waals surface area contributed by atoms with Crippen molar-refractivity contribution in [2.24, 2.45) is 23.7 Å². The highest BCUT2D eigenvalue weighted by molar-refractivity contribution is 5.63. The number of H-pyrrole nitrogens is 1. The lowest BCUT2D eigenvalue weighted by Crippen LogP contribution is -2.56. The molecule has 1 heterocycles. The number of anilines is 2. The largest absolute Gasteiger partial charge is 0.382 e. The first kappa shape index (κ1) is 11.6. The number of hydrogen-bond acceptors (Lipinski definition) is 3. The van der Waals surface area contributed by atoms with Gasteiger partial charge in [-0.05, 0) is 62.7 Å². The van der Waals surface area contributed by atoms with Gasteiger partial charge in [-0.25, -0.2) is 0 Å². The summed E-state index contributed by atoms with van der Waals surface area (Å²) in [6.45, 7) is 3.29. The minimum atomic E-state index is 0.706. The fourth-order valence-corrected chi connectivity index (χ4v) is 5.47. The summed E-state index contributed by atoms with van der Waals surface area (Å²) in [5.41, 5.74) is 7.18. The average molecular weight is 260 g/mol. The number of nitrogens with two attached hydrogens (primary N) is 1. The standard InChI is InChI=1S/C15H24N4/c1-2-19(13-8-17-18-15(13)16)14-11-4-9-3-10(6-11)7-12(14)5-9/h8-12,14H,2-7H2,1H3,(H3,16,17,18). The predicted octanol–water partition coefficient (Wildman–Crippen LogP) is 2.64. The molecule has 4 aliphatic rings. The van der Waals surface area contributed by atoms with E-state index >= 15 is 0 Å². The van der Waals surface area contributed by atoms with E-state index in [2.05, 4.69) is 22.0 Å². The number of nitrogens with one attached hydrogen (secondary N) is 1. The molecule has 5 rings (SSSR count). The third-order valence-corrected chi connectivity index (χ3v) is 5.83. The van der Waals surface area contributed by atoms with Crippen LogP contribution in [0.1, 0.15) is 39.0 Å². The summed E-state index contributed by atoms with van der Waals surface area (Å²) >= 11 is 0. The molecule has 4 nitrogen and oxygen atoms in total. The Labute approximate surface area is 114 Å². The van der Waals surface area contributed by atoms with Crippen LogP contribution in [0.15, 0.2) is 6.20 Å². The molecule has 104 valence electrons. The second-order valence-electron chi connectivity index (χ2n) is 6.88. The number of aromatic amines is 1. The van der Waals surface area contributed by atoms with Gasteiger partial charge < -0.3 is 10.6 Å². The normalized spacial score (nSPS) is 39.7. The maximum absolute atomic E-state index is 6.05. The van der Waals surface area contributed by atoms with Crippen LogP contribution < -0.4 is 10.6 Å². The smallest absolute Gasteiger partial charge is 0.142 e. The van der Waals surface area contributed by atoms with Crippen LogP contribution in [-0.2, 0) is 0 Å². The molecular weight excluding hydrogens is 236 g/mol. The molecule has 0 aliphatic heterocycles. The molecular formula is C15H24N4. The maximum atomic E-state index is 6.05. The molecule has 0 unspecified atom stereocenters. The highest BCUT2D eigenvalue weighted by atomic mass is 15.3. The van der Waals surface area contributed by atoms with Crippen molar-refractivity contribution in [3.05, 3.63) is 6.20 Å². The van der Waals surface area contributed by atoms with E-state index in [9.17, 15) is 0 Å². The van der Waals surface area contributed by atoms with Crippen LogP contribution in [0.4, 0.5) is 11.5 Å². The minimum Gasteiger partial charge on any atom is -0.382 e. The minimum absolute atomic E-state index is 0.706. The van der Waals surface area contributed by atoms with Gasteiger partial charge in [0.1, 0.15) is 5.82 Å². The zero-order valence-corrected chi connectivity index (χ0v) is 11.7. The Kier molecular flexibility index (Phi) is 2.54. The van der Waals surface area contributed by atoms with Crippen molar-refractivity contribution in [3.8, 4) is 0 Å². The molecule has 0 aromatic carbocycles. The summed E-state index contributed by atoms with van der Waals surface area (Å²) in [5.74, 6) is 4.57. The Hall–Kier alpha value is -1.19. The highest BCUT2D eigenvalue weighted by Crippen LogP contribution is 2.55. The van der Waals surface area contributed by atoms with Gasteiger partial charge in [-0.1, -0.05) is 0 Å². The van der Waals surface area contributed by atoms with E-state index < -0.39 is 0 Å². The van der Waals surface area contributed by atoms with Gasteiger partial charge in [0.25, 0.3) is 0 Å². The van der Waals surface area contributed by atoms with Gasteiger partial charge in [0.2, 0.25) is 0 Å². The Morgan fingerprint density at radius 3 is 2.32 bits per heavy atom. The first-order chi connectivity index (χ1) is 9.26. The van der Waals surface area contributed by atoms with Gasteiger partial charge in [-0.15, -0.1) is 0 Å². The van der Waals surface area contributed by atoms with Crippen molar-refractivity contribution < 1.29 is 0 Å². The lowest BCUT2D eigenvalue weighted by atomic mass is 9.54. The Morgan fingerprint density at radius 1 is 1.21 bits per heavy atom. The molecule has 4 bridgehead atoms. The van der Waals surface area contributed by atoms with E-state index in [1.807, 2.05) is 6.20 Å². The van der Waals surface area contributed by atoms with Crippen molar-refractivity contribution in [2.75, 3.05) is 17.2 Å². The predicted molar refractivity (Wildman–Crippen MR) is 76.9 cm³/mol. The molecule has 0 spiro atoms. The fourth-order valence-electron chi connectivity index (χ4n) is 5.47. The molecule has 1 aromatic rings. The number of nitrogen functional groups attached to an aromatic ring is 1. The maximum Gasteiger partial charge on any atom is 0.142 e. The molecule has 4 heteroatoms. The van der Waals surface area contributed by atoms with Gasteiger partial charge in [-0.3, -0.25) is 5.10 Å². The molecule has 3 N–H and O–H groups in total. The number of nitrogens with zero attached hydrogens (tertiary/aromatic N) is 2. The monoisotopic (exact) mass is 260 g/mol. The average Bonchev–Trinajstić information content (AvgIpc) is 2.79. The van der Waals surface area contributed by atoms with Crippen LogP contribution in [0.2, 0.25) is 0 Å². The Bertz CT molecular complexity index is 438. The molecule has 0 saturated heterocycles. The molecule has 19 heavy (non-hydrogen) atoms. The van der Waals surface area contributed by atoms with Crippen molar-refractivity contribution >= 4 is 11.5 Å². The van der Waals surface area contributed by atoms with Gasteiger partial charge in [0.05, 0.1) is 11.9 Å². The molecule has 4 saturated carbocycles. The fraction of sp³-hybridized carbons (Fsp3) is 0.800. The lowest BCUT2D eigenvalue weighted by Gasteiger charge is -2.57. The zero-order valence-electron chi connectivity index (χ0n) is 11.7. The van der Waals surface area contributed by atoms with Crippen LogP contribution in [0.3, 0.4) is 0 Å². The van der Waals surface area contributed by atoms with Gasteiger partial charge in [0, 0.05) is 12.6 Å². The second-order valence-corrected chi connectivity index (χ2v) is 6.88. The third kappa shape index (κ3) is 1.68. The SMILES string of the molecule is CCN(c1cn[nH]c1N)C1C2CC3CC(C2)CC1C3. The van der Waals surface area contributed by atoms with E-state index in [1.165, 1.54) is 32.1 Å². The third-order valence-electron chi connectivity index (χ3n) is 5.83. The van der Waals surface area contributed by atoms with Gasteiger partial charge in [-0.2, -0.15) is 5.10 Å². The van der Waals surface area contributed by atoms with Crippen molar-refractivity contribution in [2.45, 2.75) is 45.1 Å². The topological polar surface area (TPSA) is 57.9 Å². The summed E-state index contributed by atoms with van der Waals surface area (Å²) in [5, 5.41) is 7.00. The van der Waals surface area contributed by atoms with Gasteiger partial charge in [0.15, 0.2) is 0 Å². The number of aromatic nitrogens is 2. The second kappa shape index (κ2) is 4.15. The summed E-state index contributed by atoms with van der Waals surface area (Å²) in [6, 6.07) is 0.706. The summed E-state index contributed by atoms with van der Waals surface area (Å²) in [6.07, 6.45) is 9.22. The Morgan fingerprint density at radius 2 is 1.84 bits per heavy atom. The molecule has 4 aliphatic carbocycles. The summed E-state index contributed by atoms with van der Waals surface area (Å²) in [7, 11) is 0. The zero-order chi connectivity index (χ0) is 13.0. The van der Waals surface area contributed by atoms with Crippen LogP contribution in [0.5, 0.6) is 0 Å². The first-order valence-electron chi connectivity index (χ1n) is 7.81. The van der Waals surface area contributed by atoms with E-state index in [0.29, 0.717) is 6.04 Å². The van der Waals surface area contributed by atoms with E-state index in [0.717, 1.165) is 41.7 Å². The van der Waals surface area contributed by atoms with E-state index in [1.54, 1.807) is 0 Å². The molecule has 0 radical (unpaired) electrons. The Balaban J connectivity index is 1.66. The van der Waals surface area contributed by atoms with E-state index in [-0.39, 0.29) is 0 Å². The molecule has 0 amide bonds. The quantitative estimate of drug-likeness (QED) is 0.878. The summed E-state index contributed by atoms with van der Waals surface area (Å²) < 4.78 is 0. The number of rotatable bonds is 3. The lowest BCUT2D eigenvalue weighted by molar-refractivity contribution is -0.00250. The molecule has 1 aromatic heterocycles. The van der Waals surface area contributed by atoms with E-state index in [4.69, 9.17) is 5.73 Å². The first-order valence-corrected chi connectivity index (χ1v) is 7.81. The van der Waals surface area contributed by atoms with Crippen LogP contribution in [-0.4, -0.2) is 22.8 Å². The van der Waals surface area contributed by atoms with Crippen molar-refractivity contribution in [1.82, 2.24) is 10.2 Å². The molecule has 4 fully saturated rings. The van der Waals surface area contributed by atoms with Crippen LogP contribution in [0, 0.1) is 23.7 Å². The van der Waals surface area contributed by atoms with Crippen molar-refractivity contribution in [1.29, 1.82) is 0 Å². The van der Waals surface area contributed by atoms with Crippen molar-refractivity contribution in [3.63, 3.8) is 0 Å².